The number of piperazine rings is 1. The second-order valence-electron chi connectivity index (χ2n) is 7.38. The van der Waals surface area contributed by atoms with E-state index in [0.29, 0.717) is 49.1 Å². The van der Waals surface area contributed by atoms with Gasteiger partial charge in [0.1, 0.15) is 17.3 Å². The minimum absolute atomic E-state index is 0.0359. The van der Waals surface area contributed by atoms with E-state index in [-0.39, 0.29) is 11.1 Å². The molecule has 1 saturated heterocycles. The smallest absolute Gasteiger partial charge is 0.321 e. The number of aromatic nitrogens is 2. The fraction of sp³-hybridized carbons (Fsp3) is 0.261. The van der Waals surface area contributed by atoms with Gasteiger partial charge in [0, 0.05) is 37.4 Å². The van der Waals surface area contributed by atoms with Gasteiger partial charge in [-0.15, -0.1) is 10.2 Å². The van der Waals surface area contributed by atoms with Crippen LogP contribution in [0.15, 0.2) is 48.5 Å². The van der Waals surface area contributed by atoms with Crippen molar-refractivity contribution in [1.82, 2.24) is 15.1 Å². The molecule has 1 aliphatic rings. The Kier molecular flexibility index (Phi) is 6.79. The third-order valence-corrected chi connectivity index (χ3v) is 5.68. The lowest BCUT2D eigenvalue weighted by Gasteiger charge is -2.35. The van der Waals surface area contributed by atoms with Gasteiger partial charge in [-0.2, -0.15) is 0 Å². The number of hydrogen-bond donors (Lipinski definition) is 1. The second kappa shape index (κ2) is 9.91. The summed E-state index contributed by atoms with van der Waals surface area (Å²) in [6.07, 6.45) is 0. The zero-order valence-corrected chi connectivity index (χ0v) is 19.0. The molecule has 8 nitrogen and oxygen atoms in total. The number of anilines is 2. The molecular formula is C23H23ClFN5O3. The molecule has 2 aromatic carbocycles. The lowest BCUT2D eigenvalue weighted by Crippen LogP contribution is -2.50. The van der Waals surface area contributed by atoms with Gasteiger partial charge in [-0.25, -0.2) is 9.18 Å². The molecule has 0 saturated carbocycles. The first-order valence-electron chi connectivity index (χ1n) is 10.3. The van der Waals surface area contributed by atoms with Gasteiger partial charge in [0.15, 0.2) is 5.82 Å². The number of methoxy groups -OCH3 is 2. The molecule has 4 rings (SSSR count). The highest BCUT2D eigenvalue weighted by molar-refractivity contribution is 6.31. The van der Waals surface area contributed by atoms with Crippen molar-refractivity contribution in [2.24, 2.45) is 0 Å². The van der Waals surface area contributed by atoms with E-state index in [1.54, 1.807) is 19.1 Å². The van der Waals surface area contributed by atoms with Crippen molar-refractivity contribution >= 4 is 29.1 Å². The number of benzene rings is 2. The Morgan fingerprint density at radius 3 is 2.42 bits per heavy atom. The van der Waals surface area contributed by atoms with Crippen LogP contribution in [0.2, 0.25) is 5.02 Å². The van der Waals surface area contributed by atoms with Gasteiger partial charge in [-0.3, -0.25) is 0 Å². The van der Waals surface area contributed by atoms with Crippen LogP contribution in [0.3, 0.4) is 0 Å². The maximum atomic E-state index is 13.3. The molecule has 0 bridgehead atoms. The van der Waals surface area contributed by atoms with Crippen LogP contribution in [0.5, 0.6) is 11.5 Å². The van der Waals surface area contributed by atoms with Crippen LogP contribution in [0.4, 0.5) is 20.7 Å². The summed E-state index contributed by atoms with van der Waals surface area (Å²) in [5.74, 6) is 1.58. The Bertz CT molecular complexity index is 1140. The van der Waals surface area contributed by atoms with Gasteiger partial charge in [0.25, 0.3) is 0 Å². The molecule has 0 aliphatic carbocycles. The van der Waals surface area contributed by atoms with Crippen molar-refractivity contribution in [3.05, 3.63) is 59.4 Å². The highest BCUT2D eigenvalue weighted by atomic mass is 35.5. The highest BCUT2D eigenvalue weighted by Crippen LogP contribution is 2.32. The normalized spacial score (nSPS) is 13.6. The molecule has 33 heavy (non-hydrogen) atoms. The number of nitrogens with one attached hydrogen (secondary N) is 1. The number of carbonyl (C=O) groups is 1. The van der Waals surface area contributed by atoms with E-state index in [2.05, 4.69) is 20.4 Å². The maximum absolute atomic E-state index is 13.3. The second-order valence-corrected chi connectivity index (χ2v) is 7.78. The van der Waals surface area contributed by atoms with Crippen LogP contribution < -0.4 is 19.7 Å². The molecule has 0 unspecified atom stereocenters. The molecular weight excluding hydrogens is 449 g/mol. The van der Waals surface area contributed by atoms with Crippen LogP contribution >= 0.6 is 11.6 Å². The lowest BCUT2D eigenvalue weighted by molar-refractivity contribution is 0.208. The summed E-state index contributed by atoms with van der Waals surface area (Å²) < 4.78 is 24.0. The molecule has 0 atom stereocenters. The SMILES string of the molecule is COc1ccc(OC)c(-c2ccc(N3CCN(C(=O)Nc4ccc(F)c(Cl)c4)CC3)nn2)c1. The molecule has 10 heteroatoms. The molecule has 1 aromatic heterocycles. The summed E-state index contributed by atoms with van der Waals surface area (Å²) in [6.45, 7) is 2.23. The van der Waals surface area contributed by atoms with Crippen molar-refractivity contribution in [3.63, 3.8) is 0 Å². The Morgan fingerprint density at radius 2 is 1.79 bits per heavy atom. The number of nitrogens with zero attached hydrogens (tertiary/aromatic N) is 4. The number of ether oxygens (including phenoxy) is 2. The molecule has 1 fully saturated rings. The quantitative estimate of drug-likeness (QED) is 0.597. The Morgan fingerprint density at radius 1 is 1.00 bits per heavy atom. The molecule has 1 aliphatic heterocycles. The molecule has 2 heterocycles. The minimum Gasteiger partial charge on any atom is -0.497 e. The summed E-state index contributed by atoms with van der Waals surface area (Å²) in [6, 6.07) is 13.1. The van der Waals surface area contributed by atoms with E-state index < -0.39 is 5.82 Å². The monoisotopic (exact) mass is 471 g/mol. The third-order valence-electron chi connectivity index (χ3n) is 5.39. The van der Waals surface area contributed by atoms with E-state index in [0.717, 1.165) is 11.4 Å². The number of hydrogen-bond acceptors (Lipinski definition) is 6. The first kappa shape index (κ1) is 22.6. The summed E-state index contributed by atoms with van der Waals surface area (Å²) in [5, 5.41) is 11.5. The van der Waals surface area contributed by atoms with Crippen molar-refractivity contribution in [2.45, 2.75) is 0 Å². The van der Waals surface area contributed by atoms with E-state index in [1.807, 2.05) is 30.3 Å². The number of halogens is 2. The largest absolute Gasteiger partial charge is 0.497 e. The maximum Gasteiger partial charge on any atom is 0.321 e. The van der Waals surface area contributed by atoms with Gasteiger partial charge in [0.05, 0.1) is 24.9 Å². The predicted octanol–water partition coefficient (Wildman–Crippen LogP) is 4.31. The number of carbonyl (C=O) groups excluding carboxylic acids is 1. The van der Waals surface area contributed by atoms with Gasteiger partial charge in [-0.05, 0) is 48.5 Å². The van der Waals surface area contributed by atoms with Crippen molar-refractivity contribution in [3.8, 4) is 22.8 Å². The predicted molar refractivity (Wildman–Crippen MR) is 125 cm³/mol. The molecule has 3 aromatic rings. The van der Waals surface area contributed by atoms with Crippen LogP contribution in [-0.4, -0.2) is 61.5 Å². The molecule has 0 radical (unpaired) electrons. The fourth-order valence-corrected chi connectivity index (χ4v) is 3.75. The van der Waals surface area contributed by atoms with Crippen molar-refractivity contribution in [2.75, 3.05) is 50.6 Å². The van der Waals surface area contributed by atoms with E-state index in [1.165, 1.54) is 18.2 Å². The standard InChI is InChI=1S/C23H23ClFN5O3/c1-32-16-4-7-21(33-2)17(14-16)20-6-8-22(28-27-20)29-9-11-30(12-10-29)23(31)26-15-3-5-19(25)18(24)13-15/h3-8,13-14H,9-12H2,1-2H3,(H,26,31). The molecule has 172 valence electrons. The summed E-state index contributed by atoms with van der Waals surface area (Å²) >= 11 is 5.78. The third kappa shape index (κ3) is 5.09. The minimum atomic E-state index is -0.528. The number of rotatable bonds is 5. The molecule has 0 spiro atoms. The Labute approximate surface area is 195 Å². The van der Waals surface area contributed by atoms with Crippen LogP contribution in [0.1, 0.15) is 0 Å². The first-order chi connectivity index (χ1) is 16.0. The van der Waals surface area contributed by atoms with E-state index in [4.69, 9.17) is 21.1 Å². The van der Waals surface area contributed by atoms with E-state index >= 15 is 0 Å². The van der Waals surface area contributed by atoms with Crippen LogP contribution in [-0.2, 0) is 0 Å². The van der Waals surface area contributed by atoms with E-state index in [9.17, 15) is 9.18 Å². The summed E-state index contributed by atoms with van der Waals surface area (Å²) in [5.41, 5.74) is 1.91. The van der Waals surface area contributed by atoms with Gasteiger partial charge >= 0.3 is 6.03 Å². The zero-order chi connectivity index (χ0) is 23.4. The summed E-state index contributed by atoms with van der Waals surface area (Å²) in [7, 11) is 3.21. The Hall–Kier alpha value is -3.59. The first-order valence-corrected chi connectivity index (χ1v) is 10.7. The molecule has 1 N–H and O–H groups in total. The highest BCUT2D eigenvalue weighted by Gasteiger charge is 2.22. The van der Waals surface area contributed by atoms with Crippen LogP contribution in [0, 0.1) is 5.82 Å². The average molecular weight is 472 g/mol. The summed E-state index contributed by atoms with van der Waals surface area (Å²) in [4.78, 5) is 16.3. The number of urea groups is 1. The van der Waals surface area contributed by atoms with Crippen LogP contribution in [0.25, 0.3) is 11.3 Å². The van der Waals surface area contributed by atoms with Crippen molar-refractivity contribution < 1.29 is 18.7 Å². The Balaban J connectivity index is 1.38. The topological polar surface area (TPSA) is 79.8 Å². The average Bonchev–Trinajstić information content (AvgIpc) is 2.86. The van der Waals surface area contributed by atoms with Gasteiger partial charge in [0.2, 0.25) is 0 Å². The fourth-order valence-electron chi connectivity index (χ4n) is 3.57. The lowest BCUT2D eigenvalue weighted by atomic mass is 10.1. The zero-order valence-electron chi connectivity index (χ0n) is 18.2. The number of amides is 2. The van der Waals surface area contributed by atoms with Gasteiger partial charge < -0.3 is 24.6 Å². The van der Waals surface area contributed by atoms with Gasteiger partial charge in [-0.1, -0.05) is 11.6 Å². The molecule has 2 amide bonds. The van der Waals surface area contributed by atoms with Crippen molar-refractivity contribution in [1.29, 1.82) is 0 Å².